The van der Waals surface area contributed by atoms with Crippen LogP contribution in [0.1, 0.15) is 46.1 Å². The third-order valence-electron chi connectivity index (χ3n) is 6.47. The molecule has 1 saturated heterocycles. The number of carbonyl (C=O) groups is 5. The van der Waals surface area contributed by atoms with E-state index in [0.29, 0.717) is 6.42 Å². The number of carbonyl (C=O) groups excluding carboxylic acids is 5. The van der Waals surface area contributed by atoms with Gasteiger partial charge in [-0.15, -0.1) is 6.58 Å². The van der Waals surface area contributed by atoms with Gasteiger partial charge < -0.3 is 28.4 Å². The molecular formula is C30H36O11. The van der Waals surface area contributed by atoms with Gasteiger partial charge in [0.2, 0.25) is 0 Å². The number of Topliss-reactive ketones (excluding diaryl/α,β-unsaturated/α-hetero) is 1. The Morgan fingerprint density at radius 2 is 1.73 bits per heavy atom. The molecule has 0 radical (unpaired) electrons. The van der Waals surface area contributed by atoms with Crippen molar-refractivity contribution in [2.45, 2.75) is 89.4 Å². The summed E-state index contributed by atoms with van der Waals surface area (Å²) in [6, 6.07) is 9.11. The Bertz CT molecular complexity index is 1160. The van der Waals surface area contributed by atoms with Gasteiger partial charge in [-0.2, -0.15) is 0 Å². The van der Waals surface area contributed by atoms with E-state index < -0.39 is 71.7 Å². The lowest BCUT2D eigenvalue weighted by atomic mass is 9.93. The van der Waals surface area contributed by atoms with Crippen molar-refractivity contribution >= 4 is 29.5 Å². The van der Waals surface area contributed by atoms with Gasteiger partial charge in [0.25, 0.3) is 0 Å². The highest BCUT2D eigenvalue weighted by atomic mass is 16.6. The number of ether oxygens (including phenoxy) is 6. The molecule has 1 aromatic rings. The fourth-order valence-electron chi connectivity index (χ4n) is 4.78. The summed E-state index contributed by atoms with van der Waals surface area (Å²) in [5, 5.41) is 0. The second kappa shape index (κ2) is 14.3. The molecule has 222 valence electrons. The quantitative estimate of drug-likeness (QED) is 0.196. The Hall–Kier alpha value is -3.67. The Kier molecular flexibility index (Phi) is 11.1. The molecule has 0 bridgehead atoms. The topological polar surface area (TPSA) is 141 Å². The molecule has 0 N–H and O–H groups in total. The number of hydrogen-bond donors (Lipinski definition) is 0. The van der Waals surface area contributed by atoms with Crippen molar-refractivity contribution in [3.8, 4) is 0 Å². The Morgan fingerprint density at radius 3 is 2.34 bits per heavy atom. The standard InChI is InChI=1S/C30H36O11/c1-6-10-22-13-14-23(34)26(39-22)29(38-19(3)32)28-25(35)27(36-16-21-11-8-7-9-12-21)24(40-28)15-30(5,41-20(4)33)17-37-18(2)31/h6-9,11-14,22,24,26-29H,1,10,15-17H2,2-5H3/t22-,24?,26+,27+,28-,29-,30+/m1/s1. The van der Waals surface area contributed by atoms with Crippen molar-refractivity contribution in [1.29, 1.82) is 0 Å². The zero-order valence-corrected chi connectivity index (χ0v) is 23.6. The molecule has 0 spiro atoms. The Labute approximate surface area is 238 Å². The van der Waals surface area contributed by atoms with E-state index in [1.54, 1.807) is 12.2 Å². The van der Waals surface area contributed by atoms with E-state index in [0.717, 1.165) is 12.5 Å². The molecule has 11 heteroatoms. The van der Waals surface area contributed by atoms with Crippen LogP contribution in [0.25, 0.3) is 0 Å². The van der Waals surface area contributed by atoms with Crippen LogP contribution in [0, 0.1) is 0 Å². The van der Waals surface area contributed by atoms with Gasteiger partial charge in [0.1, 0.15) is 18.3 Å². The maximum Gasteiger partial charge on any atom is 0.303 e. The molecule has 1 aromatic carbocycles. The van der Waals surface area contributed by atoms with Gasteiger partial charge in [0, 0.05) is 27.2 Å². The Balaban J connectivity index is 1.94. The molecule has 11 nitrogen and oxygen atoms in total. The van der Waals surface area contributed by atoms with Crippen LogP contribution in [-0.4, -0.2) is 78.3 Å². The van der Waals surface area contributed by atoms with Gasteiger partial charge in [0.15, 0.2) is 29.9 Å². The third-order valence-corrected chi connectivity index (χ3v) is 6.47. The summed E-state index contributed by atoms with van der Waals surface area (Å²) in [4.78, 5) is 62.3. The fourth-order valence-corrected chi connectivity index (χ4v) is 4.78. The van der Waals surface area contributed by atoms with Gasteiger partial charge >= 0.3 is 17.9 Å². The van der Waals surface area contributed by atoms with Crippen molar-refractivity contribution in [1.82, 2.24) is 0 Å². The first-order valence-corrected chi connectivity index (χ1v) is 13.3. The molecule has 0 aliphatic carbocycles. The fraction of sp³-hybridized carbons (Fsp3) is 0.500. The first kappa shape index (κ1) is 31.9. The van der Waals surface area contributed by atoms with Crippen LogP contribution < -0.4 is 0 Å². The number of ketones is 2. The molecule has 1 unspecified atom stereocenters. The molecule has 2 heterocycles. The van der Waals surface area contributed by atoms with Gasteiger partial charge in [-0.3, -0.25) is 24.0 Å². The lowest BCUT2D eigenvalue weighted by molar-refractivity contribution is -0.184. The van der Waals surface area contributed by atoms with E-state index in [2.05, 4.69) is 6.58 Å². The zero-order chi connectivity index (χ0) is 30.2. The molecule has 2 aliphatic rings. The van der Waals surface area contributed by atoms with E-state index in [-0.39, 0.29) is 19.6 Å². The molecule has 2 aliphatic heterocycles. The van der Waals surface area contributed by atoms with Crippen LogP contribution in [0.3, 0.4) is 0 Å². The summed E-state index contributed by atoms with van der Waals surface area (Å²) in [5.74, 6) is -3.06. The lowest BCUT2D eigenvalue weighted by Gasteiger charge is -2.33. The SMILES string of the molecule is C=CC[C@@H]1C=CC(=O)[C@@H]([C@@H](OC(C)=O)[C@@H]2OC(C[C@@](C)(COC(C)=O)OC(C)=O)[C@H](OCc3ccccc3)C2=O)O1. The maximum atomic E-state index is 13.9. The smallest absolute Gasteiger partial charge is 0.303 e. The monoisotopic (exact) mass is 572 g/mol. The molecular weight excluding hydrogens is 536 g/mol. The molecule has 0 aromatic heterocycles. The van der Waals surface area contributed by atoms with Crippen molar-refractivity contribution in [2.24, 2.45) is 0 Å². The first-order valence-electron chi connectivity index (χ1n) is 13.3. The lowest BCUT2D eigenvalue weighted by Crippen LogP contribution is -2.51. The Morgan fingerprint density at radius 1 is 1.02 bits per heavy atom. The minimum atomic E-state index is -1.44. The van der Waals surface area contributed by atoms with Gasteiger partial charge in [-0.05, 0) is 25.0 Å². The molecule has 41 heavy (non-hydrogen) atoms. The van der Waals surface area contributed by atoms with Gasteiger partial charge in [0.05, 0.1) is 18.8 Å². The second-order valence-electron chi connectivity index (χ2n) is 10.2. The number of benzene rings is 1. The van der Waals surface area contributed by atoms with E-state index in [9.17, 15) is 24.0 Å². The van der Waals surface area contributed by atoms with Crippen molar-refractivity contribution in [3.63, 3.8) is 0 Å². The minimum Gasteiger partial charge on any atom is -0.462 e. The van der Waals surface area contributed by atoms with Crippen molar-refractivity contribution in [3.05, 3.63) is 60.7 Å². The first-order chi connectivity index (χ1) is 19.4. The summed E-state index contributed by atoms with van der Waals surface area (Å²) in [6.45, 7) is 8.51. The average molecular weight is 573 g/mol. The summed E-state index contributed by atoms with van der Waals surface area (Å²) < 4.78 is 34.2. The number of esters is 3. The molecule has 3 rings (SSSR count). The van der Waals surface area contributed by atoms with Crippen LogP contribution in [-0.2, 0) is 59.0 Å². The predicted octanol–water partition coefficient (Wildman–Crippen LogP) is 2.58. The maximum absolute atomic E-state index is 13.9. The van der Waals surface area contributed by atoms with Crippen LogP contribution in [0.15, 0.2) is 55.1 Å². The summed E-state index contributed by atoms with van der Waals surface area (Å²) in [6.07, 6.45) is -2.19. The highest BCUT2D eigenvalue weighted by molar-refractivity contribution is 5.97. The summed E-state index contributed by atoms with van der Waals surface area (Å²) >= 11 is 0. The molecule has 7 atom stereocenters. The summed E-state index contributed by atoms with van der Waals surface area (Å²) in [5.41, 5.74) is -0.609. The number of rotatable bonds is 13. The highest BCUT2D eigenvalue weighted by Gasteiger charge is 2.54. The average Bonchev–Trinajstić information content (AvgIpc) is 3.20. The zero-order valence-electron chi connectivity index (χ0n) is 23.6. The number of hydrogen-bond acceptors (Lipinski definition) is 11. The van der Waals surface area contributed by atoms with Crippen molar-refractivity contribution in [2.75, 3.05) is 6.61 Å². The third kappa shape index (κ3) is 8.91. The molecule has 0 saturated carbocycles. The van der Waals surface area contributed by atoms with E-state index in [4.69, 9.17) is 28.4 Å². The van der Waals surface area contributed by atoms with Gasteiger partial charge in [-0.25, -0.2) is 0 Å². The predicted molar refractivity (Wildman–Crippen MR) is 143 cm³/mol. The van der Waals surface area contributed by atoms with Gasteiger partial charge in [-0.1, -0.05) is 42.5 Å². The van der Waals surface area contributed by atoms with Crippen LogP contribution >= 0.6 is 0 Å². The van der Waals surface area contributed by atoms with Crippen molar-refractivity contribution < 1.29 is 52.4 Å². The van der Waals surface area contributed by atoms with Crippen LogP contribution in [0.4, 0.5) is 0 Å². The highest BCUT2D eigenvalue weighted by Crippen LogP contribution is 2.34. The summed E-state index contributed by atoms with van der Waals surface area (Å²) in [7, 11) is 0. The van der Waals surface area contributed by atoms with E-state index in [1.165, 1.54) is 26.8 Å². The van der Waals surface area contributed by atoms with Crippen LogP contribution in [0.5, 0.6) is 0 Å². The van der Waals surface area contributed by atoms with E-state index >= 15 is 0 Å². The van der Waals surface area contributed by atoms with Crippen LogP contribution in [0.2, 0.25) is 0 Å². The van der Waals surface area contributed by atoms with E-state index in [1.807, 2.05) is 30.3 Å². The second-order valence-corrected chi connectivity index (χ2v) is 10.2. The minimum absolute atomic E-state index is 0.0410. The largest absolute Gasteiger partial charge is 0.462 e. The molecule has 1 fully saturated rings. The molecule has 0 amide bonds. The normalized spacial score (nSPS) is 26.1.